The Labute approximate surface area is 262 Å². The zero-order valence-corrected chi connectivity index (χ0v) is 25.0. The summed E-state index contributed by atoms with van der Waals surface area (Å²) in [5.74, 6) is 0.917. The minimum atomic E-state index is 0.917. The highest BCUT2D eigenvalue weighted by Crippen LogP contribution is 2.43. The first-order chi connectivity index (χ1) is 22.3. The lowest BCUT2D eigenvalue weighted by atomic mass is 10.1. The second-order valence-electron chi connectivity index (χ2n) is 11.6. The van der Waals surface area contributed by atoms with E-state index in [2.05, 4.69) is 161 Å². The molecule has 45 heavy (non-hydrogen) atoms. The average molecular weight is 592 g/mol. The van der Waals surface area contributed by atoms with Crippen LogP contribution in [0.1, 0.15) is 0 Å². The zero-order chi connectivity index (χ0) is 29.5. The van der Waals surface area contributed by atoms with Crippen LogP contribution >= 0.6 is 11.3 Å². The summed E-state index contributed by atoms with van der Waals surface area (Å²) in [6, 6.07) is 54.4. The standard InChI is InChI=1S/C41H25N3S/c1-2-12-26(13-3-1)43-35-21-8-5-16-32(35)39-36(43)25-24-29-27-14-4-7-20-34(27)44(40(29)39)38-23-11-19-33(42-38)31-18-10-17-30-28-15-6-9-22-37(28)45-41(30)31/h1-25H. The molecule has 10 rings (SSSR count). The number of para-hydroxylation sites is 3. The van der Waals surface area contributed by atoms with Crippen LogP contribution < -0.4 is 0 Å². The van der Waals surface area contributed by atoms with Crippen molar-refractivity contribution in [2.45, 2.75) is 0 Å². The van der Waals surface area contributed by atoms with Gasteiger partial charge in [0.1, 0.15) is 5.82 Å². The number of benzene rings is 6. The Morgan fingerprint density at radius 1 is 0.444 bits per heavy atom. The van der Waals surface area contributed by atoms with Crippen LogP contribution in [0.15, 0.2) is 152 Å². The fourth-order valence-corrected chi connectivity index (χ4v) is 8.47. The van der Waals surface area contributed by atoms with Crippen molar-refractivity contribution in [1.82, 2.24) is 14.1 Å². The molecule has 0 saturated carbocycles. The summed E-state index contributed by atoms with van der Waals surface area (Å²) in [7, 11) is 0. The molecule has 0 amide bonds. The second-order valence-corrected chi connectivity index (χ2v) is 12.6. The number of hydrogen-bond donors (Lipinski definition) is 0. The van der Waals surface area contributed by atoms with Crippen molar-refractivity contribution in [1.29, 1.82) is 0 Å². The number of aromatic nitrogens is 3. The van der Waals surface area contributed by atoms with Gasteiger partial charge in [0, 0.05) is 53.0 Å². The summed E-state index contributed by atoms with van der Waals surface area (Å²) in [6.07, 6.45) is 0. The van der Waals surface area contributed by atoms with Gasteiger partial charge in [-0.1, -0.05) is 103 Å². The van der Waals surface area contributed by atoms with Crippen LogP contribution in [0.25, 0.3) is 86.5 Å². The summed E-state index contributed by atoms with van der Waals surface area (Å²) in [4.78, 5) is 5.42. The van der Waals surface area contributed by atoms with Crippen LogP contribution in [0.5, 0.6) is 0 Å². The molecule has 0 bridgehead atoms. The molecule has 0 spiro atoms. The van der Waals surface area contributed by atoms with E-state index >= 15 is 0 Å². The van der Waals surface area contributed by atoms with Gasteiger partial charge in [-0.3, -0.25) is 4.57 Å². The third kappa shape index (κ3) is 3.48. The van der Waals surface area contributed by atoms with E-state index in [1.54, 1.807) is 0 Å². The van der Waals surface area contributed by atoms with Gasteiger partial charge >= 0.3 is 0 Å². The van der Waals surface area contributed by atoms with Crippen LogP contribution in [0.2, 0.25) is 0 Å². The van der Waals surface area contributed by atoms with Crippen LogP contribution in [0.3, 0.4) is 0 Å². The van der Waals surface area contributed by atoms with Crippen LogP contribution in [0, 0.1) is 0 Å². The molecule has 3 nitrogen and oxygen atoms in total. The molecular weight excluding hydrogens is 567 g/mol. The first kappa shape index (κ1) is 24.7. The van der Waals surface area contributed by atoms with Crippen LogP contribution in [-0.4, -0.2) is 14.1 Å². The van der Waals surface area contributed by atoms with Gasteiger partial charge in [0.05, 0.1) is 27.8 Å². The number of pyridine rings is 1. The Hall–Kier alpha value is -5.71. The number of hydrogen-bond acceptors (Lipinski definition) is 2. The van der Waals surface area contributed by atoms with Crippen LogP contribution in [-0.2, 0) is 0 Å². The number of nitrogens with zero attached hydrogens (tertiary/aromatic N) is 3. The van der Waals surface area contributed by atoms with Crippen molar-refractivity contribution in [3.63, 3.8) is 0 Å². The fraction of sp³-hybridized carbons (Fsp3) is 0. The highest BCUT2D eigenvalue weighted by atomic mass is 32.1. The lowest BCUT2D eigenvalue weighted by Crippen LogP contribution is -1.99. The van der Waals surface area contributed by atoms with E-state index in [0.717, 1.165) is 22.7 Å². The minimum absolute atomic E-state index is 0.917. The highest BCUT2D eigenvalue weighted by molar-refractivity contribution is 7.26. The molecular formula is C41H25N3S. The van der Waals surface area contributed by atoms with Gasteiger partial charge in [0.2, 0.25) is 0 Å². The smallest absolute Gasteiger partial charge is 0.138 e. The first-order valence-electron chi connectivity index (χ1n) is 15.2. The van der Waals surface area contributed by atoms with E-state index in [0.29, 0.717) is 0 Å². The van der Waals surface area contributed by atoms with E-state index in [-0.39, 0.29) is 0 Å². The molecule has 0 radical (unpaired) electrons. The zero-order valence-electron chi connectivity index (χ0n) is 24.2. The fourth-order valence-electron chi connectivity index (χ4n) is 7.25. The van der Waals surface area contributed by atoms with E-state index < -0.39 is 0 Å². The summed E-state index contributed by atoms with van der Waals surface area (Å²) in [6.45, 7) is 0. The lowest BCUT2D eigenvalue weighted by molar-refractivity contribution is 1.09. The summed E-state index contributed by atoms with van der Waals surface area (Å²) < 4.78 is 7.34. The van der Waals surface area contributed by atoms with E-state index in [1.165, 1.54) is 63.8 Å². The van der Waals surface area contributed by atoms with Gasteiger partial charge in [0.25, 0.3) is 0 Å². The SMILES string of the molecule is c1ccc(-n2c3ccccc3c3c2ccc2c4ccccc4n(-c4cccc(-c5cccc6c5sc5ccccc56)n4)c23)cc1. The minimum Gasteiger partial charge on any atom is -0.309 e. The predicted molar refractivity (Wildman–Crippen MR) is 191 cm³/mol. The lowest BCUT2D eigenvalue weighted by Gasteiger charge is -2.11. The Morgan fingerprint density at radius 3 is 2.00 bits per heavy atom. The Bertz CT molecular complexity index is 2760. The third-order valence-electron chi connectivity index (χ3n) is 9.13. The van der Waals surface area contributed by atoms with Gasteiger partial charge in [-0.15, -0.1) is 11.3 Å². The third-order valence-corrected chi connectivity index (χ3v) is 10.3. The van der Waals surface area contributed by atoms with Crippen molar-refractivity contribution in [2.75, 3.05) is 0 Å². The average Bonchev–Trinajstić information content (AvgIpc) is 3.76. The van der Waals surface area contributed by atoms with Gasteiger partial charge in [-0.05, 0) is 48.5 Å². The van der Waals surface area contributed by atoms with E-state index in [9.17, 15) is 0 Å². The summed E-state index contributed by atoms with van der Waals surface area (Å²) in [5.41, 5.74) is 8.02. The summed E-state index contributed by atoms with van der Waals surface area (Å²) in [5, 5.41) is 7.51. The number of fused-ring (bicyclic) bond motifs is 10. The normalized spacial score (nSPS) is 12.0. The maximum atomic E-state index is 5.42. The Kier molecular flexibility index (Phi) is 5.16. The van der Waals surface area contributed by atoms with Crippen molar-refractivity contribution in [2.24, 2.45) is 0 Å². The predicted octanol–water partition coefficient (Wildman–Crippen LogP) is 11.3. The van der Waals surface area contributed by atoms with E-state index in [1.807, 2.05) is 11.3 Å². The monoisotopic (exact) mass is 591 g/mol. The van der Waals surface area contributed by atoms with Gasteiger partial charge in [-0.25, -0.2) is 4.98 Å². The molecule has 0 atom stereocenters. The quantitative estimate of drug-likeness (QED) is 0.200. The maximum absolute atomic E-state index is 5.42. The maximum Gasteiger partial charge on any atom is 0.138 e. The molecule has 10 aromatic rings. The second kappa shape index (κ2) is 9.39. The van der Waals surface area contributed by atoms with Crippen molar-refractivity contribution in [3.05, 3.63) is 152 Å². The summed E-state index contributed by atoms with van der Waals surface area (Å²) >= 11 is 1.85. The van der Waals surface area contributed by atoms with Crippen molar-refractivity contribution in [3.8, 4) is 22.8 Å². The molecule has 4 aromatic heterocycles. The van der Waals surface area contributed by atoms with Gasteiger partial charge in [0.15, 0.2) is 0 Å². The highest BCUT2D eigenvalue weighted by Gasteiger charge is 2.21. The molecule has 0 saturated heterocycles. The topological polar surface area (TPSA) is 22.8 Å². The molecule has 0 aliphatic rings. The van der Waals surface area contributed by atoms with Crippen molar-refractivity contribution >= 4 is 75.1 Å². The molecule has 4 heteroatoms. The largest absolute Gasteiger partial charge is 0.309 e. The molecule has 0 fully saturated rings. The van der Waals surface area contributed by atoms with Gasteiger partial charge in [-0.2, -0.15) is 0 Å². The van der Waals surface area contributed by atoms with Crippen LogP contribution in [0.4, 0.5) is 0 Å². The Morgan fingerprint density at radius 2 is 1.13 bits per heavy atom. The first-order valence-corrected chi connectivity index (χ1v) is 16.1. The Balaban J connectivity index is 1.31. The molecule has 6 aromatic carbocycles. The molecule has 210 valence electrons. The number of thiophene rings is 1. The van der Waals surface area contributed by atoms with Gasteiger partial charge < -0.3 is 4.57 Å². The number of rotatable bonds is 3. The molecule has 0 N–H and O–H groups in total. The molecule has 4 heterocycles. The molecule has 0 unspecified atom stereocenters. The molecule has 0 aliphatic heterocycles. The van der Waals surface area contributed by atoms with Crippen molar-refractivity contribution < 1.29 is 0 Å². The van der Waals surface area contributed by atoms with E-state index in [4.69, 9.17) is 4.98 Å². The molecule has 0 aliphatic carbocycles.